The fourth-order valence-corrected chi connectivity index (χ4v) is 3.97. The minimum Gasteiger partial charge on any atom is -0.493 e. The van der Waals surface area contributed by atoms with Crippen molar-refractivity contribution < 1.29 is 19.0 Å². The summed E-state index contributed by atoms with van der Waals surface area (Å²) in [5, 5.41) is 0. The Balaban J connectivity index is 1.91. The number of amides is 1. The topological polar surface area (TPSA) is 48.0 Å². The molecule has 0 saturated carbocycles. The van der Waals surface area contributed by atoms with E-state index in [2.05, 4.69) is 32.9 Å². The maximum Gasteiger partial charge on any atom is 0.223 e. The van der Waals surface area contributed by atoms with E-state index in [4.69, 9.17) is 14.2 Å². The molecule has 0 aromatic heterocycles. The zero-order valence-electron chi connectivity index (χ0n) is 18.7. The first kappa shape index (κ1) is 22.0. The Labute approximate surface area is 179 Å². The van der Waals surface area contributed by atoms with Gasteiger partial charge in [-0.15, -0.1) is 0 Å². The fraction of sp³-hybridized carbons (Fsp3) is 0.480. The molecule has 1 aliphatic heterocycles. The lowest BCUT2D eigenvalue weighted by molar-refractivity contribution is -0.135. The zero-order chi connectivity index (χ0) is 21.7. The minimum absolute atomic E-state index is 0.161. The van der Waals surface area contributed by atoms with Gasteiger partial charge in [-0.3, -0.25) is 4.79 Å². The second-order valence-corrected chi connectivity index (χ2v) is 8.17. The molecule has 0 unspecified atom stereocenters. The van der Waals surface area contributed by atoms with E-state index in [-0.39, 0.29) is 11.9 Å². The van der Waals surface area contributed by atoms with Crippen molar-refractivity contribution in [2.75, 3.05) is 27.4 Å². The molecule has 1 heterocycles. The first-order chi connectivity index (χ1) is 14.5. The number of carbonyl (C=O) groups is 1. The van der Waals surface area contributed by atoms with Crippen molar-refractivity contribution in [3.8, 4) is 17.2 Å². The van der Waals surface area contributed by atoms with E-state index in [0.29, 0.717) is 37.0 Å². The standard InChI is InChI=1S/C25H33NO4/c1-6-18-7-9-20(10-8-18)30-16-22-21-15-24(29-5)23(28-4)14-19(21)11-12-26(22)25(27)13-17(2)3/h7-10,14-15,17,22H,6,11-13,16H2,1-5H3/t22-/m1/s1. The Kier molecular flexibility index (Phi) is 7.24. The third-order valence-corrected chi connectivity index (χ3v) is 5.65. The summed E-state index contributed by atoms with van der Waals surface area (Å²) in [4.78, 5) is 15.0. The average molecular weight is 412 g/mol. The van der Waals surface area contributed by atoms with Gasteiger partial charge in [-0.1, -0.05) is 32.9 Å². The minimum atomic E-state index is -0.161. The number of benzene rings is 2. The molecule has 3 rings (SSSR count). The second-order valence-electron chi connectivity index (χ2n) is 8.17. The molecule has 2 aromatic rings. The van der Waals surface area contributed by atoms with Crippen LogP contribution in [0.5, 0.6) is 17.2 Å². The van der Waals surface area contributed by atoms with Crippen LogP contribution in [-0.4, -0.2) is 38.2 Å². The molecule has 0 fully saturated rings. The van der Waals surface area contributed by atoms with Crippen molar-refractivity contribution in [3.05, 3.63) is 53.1 Å². The smallest absolute Gasteiger partial charge is 0.223 e. The second kappa shape index (κ2) is 9.88. The molecular formula is C25H33NO4. The van der Waals surface area contributed by atoms with Crippen molar-refractivity contribution in [1.82, 2.24) is 4.90 Å². The lowest BCUT2D eigenvalue weighted by Gasteiger charge is -2.38. The summed E-state index contributed by atoms with van der Waals surface area (Å²) in [5.41, 5.74) is 3.52. The summed E-state index contributed by atoms with van der Waals surface area (Å²) >= 11 is 0. The molecule has 0 spiro atoms. The van der Waals surface area contributed by atoms with E-state index < -0.39 is 0 Å². The fourth-order valence-electron chi connectivity index (χ4n) is 3.97. The van der Waals surface area contributed by atoms with Crippen LogP contribution >= 0.6 is 0 Å². The predicted octanol–water partition coefficient (Wildman–Crippen LogP) is 4.82. The van der Waals surface area contributed by atoms with Crippen molar-refractivity contribution >= 4 is 5.91 Å². The number of aryl methyl sites for hydroxylation is 1. The van der Waals surface area contributed by atoms with Crippen molar-refractivity contribution in [2.45, 2.75) is 46.1 Å². The molecule has 0 bridgehead atoms. The van der Waals surface area contributed by atoms with Crippen LogP contribution in [0, 0.1) is 5.92 Å². The zero-order valence-corrected chi connectivity index (χ0v) is 18.7. The van der Waals surface area contributed by atoms with Crippen LogP contribution in [0.4, 0.5) is 0 Å². The quantitative estimate of drug-likeness (QED) is 0.625. The van der Waals surface area contributed by atoms with Gasteiger partial charge in [0, 0.05) is 13.0 Å². The summed E-state index contributed by atoms with van der Waals surface area (Å²) in [5.74, 6) is 2.68. The summed E-state index contributed by atoms with van der Waals surface area (Å²) in [6.45, 7) is 7.36. The van der Waals surface area contributed by atoms with Crippen LogP contribution in [0.3, 0.4) is 0 Å². The van der Waals surface area contributed by atoms with E-state index in [1.165, 1.54) is 11.1 Å². The van der Waals surface area contributed by atoms with Crippen LogP contribution in [0.25, 0.3) is 0 Å². The number of ether oxygens (including phenoxy) is 3. The van der Waals surface area contributed by atoms with Gasteiger partial charge in [-0.25, -0.2) is 0 Å². The Bertz CT molecular complexity index is 860. The highest BCUT2D eigenvalue weighted by molar-refractivity contribution is 5.77. The van der Waals surface area contributed by atoms with Crippen molar-refractivity contribution in [1.29, 1.82) is 0 Å². The van der Waals surface area contributed by atoms with E-state index in [9.17, 15) is 4.79 Å². The molecule has 0 saturated heterocycles. The van der Waals surface area contributed by atoms with Gasteiger partial charge < -0.3 is 19.1 Å². The lowest BCUT2D eigenvalue weighted by atomic mass is 9.91. The Morgan fingerprint density at radius 1 is 1.10 bits per heavy atom. The van der Waals surface area contributed by atoms with Crippen LogP contribution in [0.2, 0.25) is 0 Å². The van der Waals surface area contributed by atoms with Gasteiger partial charge in [0.1, 0.15) is 12.4 Å². The van der Waals surface area contributed by atoms with Gasteiger partial charge in [-0.2, -0.15) is 0 Å². The normalized spacial score (nSPS) is 15.7. The third-order valence-electron chi connectivity index (χ3n) is 5.65. The number of carbonyl (C=O) groups excluding carboxylic acids is 1. The first-order valence-corrected chi connectivity index (χ1v) is 10.7. The summed E-state index contributed by atoms with van der Waals surface area (Å²) < 4.78 is 17.2. The highest BCUT2D eigenvalue weighted by Crippen LogP contribution is 2.38. The highest BCUT2D eigenvalue weighted by Gasteiger charge is 2.32. The van der Waals surface area contributed by atoms with Crippen LogP contribution in [0.1, 0.15) is 49.9 Å². The lowest BCUT2D eigenvalue weighted by Crippen LogP contribution is -2.43. The average Bonchev–Trinajstić information content (AvgIpc) is 2.76. The van der Waals surface area contributed by atoms with Crippen LogP contribution in [0.15, 0.2) is 36.4 Å². The Morgan fingerprint density at radius 2 is 1.77 bits per heavy atom. The van der Waals surface area contributed by atoms with E-state index >= 15 is 0 Å². The number of fused-ring (bicyclic) bond motifs is 1. The SMILES string of the molecule is CCc1ccc(OC[C@@H]2c3cc(OC)c(OC)cc3CCN2C(=O)CC(C)C)cc1. The van der Waals surface area contributed by atoms with E-state index in [1.54, 1.807) is 14.2 Å². The van der Waals surface area contributed by atoms with Gasteiger partial charge in [0.05, 0.1) is 20.3 Å². The van der Waals surface area contributed by atoms with Crippen LogP contribution in [-0.2, 0) is 17.6 Å². The number of hydrogen-bond acceptors (Lipinski definition) is 4. The molecule has 1 atom stereocenters. The molecular weight excluding hydrogens is 378 g/mol. The monoisotopic (exact) mass is 411 g/mol. The molecule has 1 aliphatic rings. The summed E-state index contributed by atoms with van der Waals surface area (Å²) in [7, 11) is 3.28. The van der Waals surface area contributed by atoms with Gasteiger partial charge in [0.25, 0.3) is 0 Å². The largest absolute Gasteiger partial charge is 0.493 e. The van der Waals surface area contributed by atoms with Crippen molar-refractivity contribution in [2.24, 2.45) is 5.92 Å². The first-order valence-electron chi connectivity index (χ1n) is 10.7. The molecule has 2 aromatic carbocycles. The molecule has 5 heteroatoms. The molecule has 30 heavy (non-hydrogen) atoms. The molecule has 0 radical (unpaired) electrons. The maximum atomic E-state index is 13.0. The third kappa shape index (κ3) is 4.89. The van der Waals surface area contributed by atoms with Gasteiger partial charge in [-0.05, 0) is 59.7 Å². The molecule has 0 aliphatic carbocycles. The highest BCUT2D eigenvalue weighted by atomic mass is 16.5. The Hall–Kier alpha value is -2.69. The predicted molar refractivity (Wildman–Crippen MR) is 118 cm³/mol. The number of hydrogen-bond donors (Lipinski definition) is 0. The molecule has 0 N–H and O–H groups in total. The number of rotatable bonds is 8. The summed E-state index contributed by atoms with van der Waals surface area (Å²) in [6.07, 6.45) is 2.32. The number of nitrogens with zero attached hydrogens (tertiary/aromatic N) is 1. The molecule has 5 nitrogen and oxygen atoms in total. The van der Waals surface area contributed by atoms with E-state index in [1.807, 2.05) is 29.2 Å². The van der Waals surface area contributed by atoms with Gasteiger partial charge >= 0.3 is 0 Å². The van der Waals surface area contributed by atoms with Crippen LogP contribution < -0.4 is 14.2 Å². The summed E-state index contributed by atoms with van der Waals surface area (Å²) in [6, 6.07) is 12.0. The van der Waals surface area contributed by atoms with Crippen molar-refractivity contribution in [3.63, 3.8) is 0 Å². The number of methoxy groups -OCH3 is 2. The van der Waals surface area contributed by atoms with Gasteiger partial charge in [0.15, 0.2) is 11.5 Å². The van der Waals surface area contributed by atoms with E-state index in [0.717, 1.165) is 24.2 Å². The van der Waals surface area contributed by atoms with Gasteiger partial charge in [0.2, 0.25) is 5.91 Å². The molecule has 162 valence electrons. The Morgan fingerprint density at radius 3 is 2.37 bits per heavy atom. The molecule has 1 amide bonds. The maximum absolute atomic E-state index is 13.0.